The topological polar surface area (TPSA) is 50.8 Å². The van der Waals surface area contributed by atoms with Gasteiger partial charge in [0.2, 0.25) is 0 Å². The first-order valence-electron chi connectivity index (χ1n) is 8.92. The average molecular weight is 370 g/mol. The third kappa shape index (κ3) is 3.46. The van der Waals surface area contributed by atoms with Crippen molar-refractivity contribution in [1.29, 1.82) is 0 Å². The predicted molar refractivity (Wildman–Crippen MR) is 104 cm³/mol. The lowest BCUT2D eigenvalue weighted by Gasteiger charge is -2.26. The minimum atomic E-state index is -0.0665. The number of ether oxygens (including phenoxy) is 2. The van der Waals surface area contributed by atoms with Gasteiger partial charge in [0.15, 0.2) is 11.5 Å². The molecule has 2 heterocycles. The zero-order chi connectivity index (χ0) is 17.9. The Morgan fingerprint density at radius 2 is 2.04 bits per heavy atom. The first kappa shape index (κ1) is 17.1. The molecule has 0 aromatic heterocycles. The van der Waals surface area contributed by atoms with Gasteiger partial charge in [-0.15, -0.1) is 11.8 Å². The molecule has 0 spiro atoms. The lowest BCUT2D eigenvalue weighted by molar-refractivity contribution is 0.171. The number of benzene rings is 2. The molecule has 26 heavy (non-hydrogen) atoms. The van der Waals surface area contributed by atoms with Crippen LogP contribution in [0.5, 0.6) is 11.5 Å². The summed E-state index contributed by atoms with van der Waals surface area (Å²) in [5.41, 5.74) is 3.11. The van der Waals surface area contributed by atoms with E-state index in [1.54, 1.807) is 11.8 Å². The highest BCUT2D eigenvalue weighted by Gasteiger charge is 2.31. The Morgan fingerprint density at radius 3 is 2.88 bits per heavy atom. The predicted octanol–water partition coefficient (Wildman–Crippen LogP) is 4.30. The van der Waals surface area contributed by atoms with E-state index in [2.05, 4.69) is 18.3 Å². The van der Waals surface area contributed by atoms with Crippen LogP contribution in [-0.2, 0) is 6.42 Å². The normalized spacial score (nSPS) is 18.7. The minimum Gasteiger partial charge on any atom is -0.486 e. The van der Waals surface area contributed by atoms with E-state index in [1.165, 1.54) is 5.56 Å². The standard InChI is InChI=1S/C20H22N2O3S/c1-2-14-4-3-5-16(12-14)21-20(23)22-8-11-26-19(22)15-6-7-17-18(13-15)25-10-9-24-17/h3-7,12-13,19H,2,8-11H2,1H3,(H,21,23). The Labute approximate surface area is 157 Å². The zero-order valence-corrected chi connectivity index (χ0v) is 15.6. The second kappa shape index (κ2) is 7.50. The van der Waals surface area contributed by atoms with Gasteiger partial charge in [-0.1, -0.05) is 25.1 Å². The Kier molecular flexibility index (Phi) is 4.93. The van der Waals surface area contributed by atoms with E-state index < -0.39 is 0 Å². The summed E-state index contributed by atoms with van der Waals surface area (Å²) in [5.74, 6) is 2.45. The molecule has 2 aromatic carbocycles. The SMILES string of the molecule is CCc1cccc(NC(=O)N2CCSC2c2ccc3c(c2)OCCO3)c1. The van der Waals surface area contributed by atoms with Crippen molar-refractivity contribution >= 4 is 23.5 Å². The third-order valence-electron chi connectivity index (χ3n) is 4.59. The van der Waals surface area contributed by atoms with Gasteiger partial charge in [-0.3, -0.25) is 0 Å². The maximum absolute atomic E-state index is 12.8. The molecule has 0 radical (unpaired) electrons. The summed E-state index contributed by atoms with van der Waals surface area (Å²) in [4.78, 5) is 14.7. The van der Waals surface area contributed by atoms with Crippen molar-refractivity contribution in [1.82, 2.24) is 4.90 Å². The number of thioether (sulfide) groups is 1. The van der Waals surface area contributed by atoms with E-state index in [9.17, 15) is 4.79 Å². The molecule has 2 aromatic rings. The molecule has 1 N–H and O–H groups in total. The smallest absolute Gasteiger partial charge is 0.323 e. The van der Waals surface area contributed by atoms with Crippen molar-refractivity contribution < 1.29 is 14.3 Å². The van der Waals surface area contributed by atoms with Gasteiger partial charge in [0.05, 0.1) is 0 Å². The highest BCUT2D eigenvalue weighted by molar-refractivity contribution is 7.99. The molecule has 0 bridgehead atoms. The number of aryl methyl sites for hydroxylation is 1. The van der Waals surface area contributed by atoms with E-state index in [4.69, 9.17) is 9.47 Å². The molecule has 1 unspecified atom stereocenters. The maximum Gasteiger partial charge on any atom is 0.323 e. The molecule has 2 aliphatic heterocycles. The van der Waals surface area contributed by atoms with Gasteiger partial charge in [0.1, 0.15) is 18.6 Å². The number of carbonyl (C=O) groups excluding carboxylic acids is 1. The van der Waals surface area contributed by atoms with Gasteiger partial charge >= 0.3 is 6.03 Å². The molecule has 1 saturated heterocycles. The van der Waals surface area contributed by atoms with Crippen molar-refractivity contribution in [3.63, 3.8) is 0 Å². The molecule has 4 rings (SSSR count). The summed E-state index contributed by atoms with van der Waals surface area (Å²) >= 11 is 1.77. The Morgan fingerprint density at radius 1 is 1.19 bits per heavy atom. The second-order valence-corrected chi connectivity index (χ2v) is 7.49. The average Bonchev–Trinajstić information content (AvgIpc) is 3.18. The Bertz CT molecular complexity index is 811. The van der Waals surface area contributed by atoms with Crippen LogP contribution in [0.3, 0.4) is 0 Å². The highest BCUT2D eigenvalue weighted by Crippen LogP contribution is 2.41. The van der Waals surface area contributed by atoms with Crippen LogP contribution in [0, 0.1) is 0 Å². The van der Waals surface area contributed by atoms with Crippen LogP contribution in [0.4, 0.5) is 10.5 Å². The fourth-order valence-electron chi connectivity index (χ4n) is 3.23. The number of fused-ring (bicyclic) bond motifs is 1. The van der Waals surface area contributed by atoms with Gasteiger partial charge in [-0.2, -0.15) is 0 Å². The number of carbonyl (C=O) groups is 1. The number of hydrogen-bond donors (Lipinski definition) is 1. The van der Waals surface area contributed by atoms with Crippen LogP contribution in [0.2, 0.25) is 0 Å². The van der Waals surface area contributed by atoms with Crippen molar-refractivity contribution in [2.75, 3.05) is 30.8 Å². The van der Waals surface area contributed by atoms with E-state index in [1.807, 2.05) is 41.3 Å². The van der Waals surface area contributed by atoms with Crippen LogP contribution >= 0.6 is 11.8 Å². The van der Waals surface area contributed by atoms with E-state index in [-0.39, 0.29) is 11.4 Å². The van der Waals surface area contributed by atoms with Gasteiger partial charge in [0.25, 0.3) is 0 Å². The third-order valence-corrected chi connectivity index (χ3v) is 5.85. The van der Waals surface area contributed by atoms with E-state index >= 15 is 0 Å². The molecular formula is C20H22N2O3S. The Hall–Kier alpha value is -2.34. The lowest BCUT2D eigenvalue weighted by atomic mass is 10.1. The summed E-state index contributed by atoms with van der Waals surface area (Å²) in [7, 11) is 0. The van der Waals surface area contributed by atoms with Crippen LogP contribution in [0.25, 0.3) is 0 Å². The molecule has 1 fully saturated rings. The summed E-state index contributed by atoms with van der Waals surface area (Å²) in [5, 5.41) is 3.02. The van der Waals surface area contributed by atoms with Gasteiger partial charge in [-0.25, -0.2) is 4.79 Å². The number of anilines is 1. The number of urea groups is 1. The first-order valence-corrected chi connectivity index (χ1v) is 9.97. The molecule has 1 atom stereocenters. The number of nitrogens with one attached hydrogen (secondary N) is 1. The van der Waals surface area contributed by atoms with Crippen molar-refractivity contribution in [3.05, 3.63) is 53.6 Å². The van der Waals surface area contributed by atoms with Crippen molar-refractivity contribution in [2.45, 2.75) is 18.7 Å². The maximum atomic E-state index is 12.8. The molecule has 5 nitrogen and oxygen atoms in total. The van der Waals surface area contributed by atoms with Crippen LogP contribution in [0.15, 0.2) is 42.5 Å². The summed E-state index contributed by atoms with van der Waals surface area (Å²) < 4.78 is 11.3. The van der Waals surface area contributed by atoms with Gasteiger partial charge < -0.3 is 19.7 Å². The minimum absolute atomic E-state index is 0.0137. The Balaban J connectivity index is 1.51. The van der Waals surface area contributed by atoms with E-state index in [0.717, 1.165) is 41.5 Å². The number of hydrogen-bond acceptors (Lipinski definition) is 4. The quantitative estimate of drug-likeness (QED) is 0.875. The molecule has 0 saturated carbocycles. The van der Waals surface area contributed by atoms with Crippen molar-refractivity contribution in [2.24, 2.45) is 0 Å². The van der Waals surface area contributed by atoms with E-state index in [0.29, 0.717) is 13.2 Å². The first-order chi connectivity index (χ1) is 12.7. The van der Waals surface area contributed by atoms with Gasteiger partial charge in [0, 0.05) is 18.0 Å². The van der Waals surface area contributed by atoms with Crippen LogP contribution < -0.4 is 14.8 Å². The second-order valence-electron chi connectivity index (χ2n) is 6.30. The zero-order valence-electron chi connectivity index (χ0n) is 14.7. The molecule has 2 aliphatic rings. The molecule has 6 heteroatoms. The fraction of sp³-hybridized carbons (Fsp3) is 0.350. The highest BCUT2D eigenvalue weighted by atomic mass is 32.2. The monoisotopic (exact) mass is 370 g/mol. The molecular weight excluding hydrogens is 348 g/mol. The van der Waals surface area contributed by atoms with Crippen LogP contribution in [-0.4, -0.2) is 36.4 Å². The number of rotatable bonds is 3. The molecule has 2 amide bonds. The number of amides is 2. The fourth-order valence-corrected chi connectivity index (χ4v) is 4.48. The van der Waals surface area contributed by atoms with Crippen molar-refractivity contribution in [3.8, 4) is 11.5 Å². The summed E-state index contributed by atoms with van der Waals surface area (Å²) in [6.45, 7) is 3.97. The van der Waals surface area contributed by atoms with Crippen LogP contribution in [0.1, 0.15) is 23.4 Å². The number of nitrogens with zero attached hydrogens (tertiary/aromatic N) is 1. The summed E-state index contributed by atoms with van der Waals surface area (Å²) in [6, 6.07) is 13.9. The largest absolute Gasteiger partial charge is 0.486 e. The molecule has 0 aliphatic carbocycles. The molecule has 136 valence electrons. The van der Waals surface area contributed by atoms with Gasteiger partial charge in [-0.05, 0) is 41.8 Å². The lowest BCUT2D eigenvalue weighted by Crippen LogP contribution is -2.34. The summed E-state index contributed by atoms with van der Waals surface area (Å²) in [6.07, 6.45) is 0.948.